The van der Waals surface area contributed by atoms with Crippen molar-refractivity contribution in [2.75, 3.05) is 50.4 Å². The molecule has 3 aliphatic rings. The number of urea groups is 1. The number of methoxy groups -OCH3 is 2. The summed E-state index contributed by atoms with van der Waals surface area (Å²) in [5.41, 5.74) is 0.713. The van der Waals surface area contributed by atoms with Crippen LogP contribution in [0, 0.1) is 11.8 Å². The minimum Gasteiger partial charge on any atom is -0.495 e. The molecule has 12 atom stereocenters. The summed E-state index contributed by atoms with van der Waals surface area (Å²) in [6.45, 7) is 14.9. The summed E-state index contributed by atoms with van der Waals surface area (Å²) < 4.78 is 80.1. The molecule has 2 saturated heterocycles. The molecule has 3 aliphatic heterocycles. The number of primary amides is 1. The average molecular weight is 1370 g/mol. The van der Waals surface area contributed by atoms with E-state index in [1.54, 1.807) is 65.0 Å². The van der Waals surface area contributed by atoms with Crippen molar-refractivity contribution in [2.24, 2.45) is 17.6 Å². The zero-order valence-corrected chi connectivity index (χ0v) is 55.1. The molecule has 2 unspecified atom stereocenters. The molecule has 0 aliphatic carbocycles. The standard InChI is InChI=1S/C62H83BrClF3N8O16/c1-32(2)51(70-40(31-76)18-14-17-35(5)88-56(81)34(4)30-63)54(79)72-43(19-15-23-69-58(68)83)53(78)71-39-21-22-41(42(27-39)62(65,66)67)55(80)74(9)37(7)57(82)90-48-28-49(77)75(10)44-25-38(26-45(86-11)50(44)64)24-33(3)16-13-20-47(87-12)61(85)29-46(89-59(84)73-61)36(6)52-60(48,8)91-52/h13,16,20-22,25-27,31-32,35-37,40,43,46-48,51-52,70,85H,4,14-15,17-19,23-24,28-30H2,1-3,5-12H3,(H,71,78)(H,72,79)(H,73,84)(H3,68,69,83)/b20-13+,33-16+/t35?,36-,37+,40?,43+,46+,47-,48+,51+,52+,60+,61+/m1/s1. The van der Waals surface area contributed by atoms with Crippen LogP contribution in [0.1, 0.15) is 115 Å². The van der Waals surface area contributed by atoms with Gasteiger partial charge in [-0.2, -0.15) is 13.2 Å². The molecule has 7 amide bonds. The lowest BCUT2D eigenvalue weighted by Gasteiger charge is -2.42. The lowest BCUT2D eigenvalue weighted by atomic mass is 9.83. The first kappa shape index (κ1) is 74.6. The number of nitrogens with zero attached hydrogens (tertiary/aromatic N) is 2. The molecule has 5 rings (SSSR count). The second-order valence-corrected chi connectivity index (χ2v) is 24.5. The molecule has 4 bridgehead atoms. The molecule has 2 fully saturated rings. The highest BCUT2D eigenvalue weighted by atomic mass is 79.9. The molecule has 2 aromatic carbocycles. The van der Waals surface area contributed by atoms with Gasteiger partial charge in [-0.1, -0.05) is 78.7 Å². The summed E-state index contributed by atoms with van der Waals surface area (Å²) in [6.07, 6.45) is -5.26. The number of anilines is 2. The maximum Gasteiger partial charge on any atom is 0.417 e. The minimum atomic E-state index is -5.25. The van der Waals surface area contributed by atoms with E-state index in [1.807, 2.05) is 6.92 Å². The fraction of sp³-hybridized carbons (Fsp3) is 0.565. The molecule has 0 spiro atoms. The van der Waals surface area contributed by atoms with Crippen LogP contribution >= 0.6 is 27.5 Å². The number of aliphatic hydroxyl groups is 1. The van der Waals surface area contributed by atoms with Crippen molar-refractivity contribution in [1.29, 1.82) is 0 Å². The fourth-order valence-electron chi connectivity index (χ4n) is 10.7. The largest absolute Gasteiger partial charge is 0.495 e. The molecule has 8 N–H and O–H groups in total. The summed E-state index contributed by atoms with van der Waals surface area (Å²) in [5.74, 6) is -6.45. The van der Waals surface area contributed by atoms with Crippen LogP contribution in [-0.4, -0.2) is 170 Å². The molecule has 502 valence electrons. The zero-order chi connectivity index (χ0) is 68.0. The number of fused-ring (bicyclic) bond motifs is 5. The number of allylic oxidation sites excluding steroid dienone is 3. The molecule has 91 heavy (non-hydrogen) atoms. The van der Waals surface area contributed by atoms with Gasteiger partial charge in [-0.25, -0.2) is 19.2 Å². The molecular formula is C62H83BrClF3N8O16. The number of hydrogen-bond acceptors (Lipinski definition) is 17. The minimum absolute atomic E-state index is 0.0451. The Balaban J connectivity index is 1.40. The van der Waals surface area contributed by atoms with E-state index < -0.39 is 155 Å². The highest BCUT2D eigenvalue weighted by molar-refractivity contribution is 9.09. The predicted molar refractivity (Wildman–Crippen MR) is 333 cm³/mol. The number of epoxide rings is 1. The Kier molecular flexibility index (Phi) is 26.6. The molecule has 0 saturated carbocycles. The summed E-state index contributed by atoms with van der Waals surface area (Å²) in [7, 11) is 5.26. The van der Waals surface area contributed by atoms with E-state index in [0.717, 1.165) is 24.8 Å². The van der Waals surface area contributed by atoms with Gasteiger partial charge in [-0.05, 0) is 108 Å². The van der Waals surface area contributed by atoms with Gasteiger partial charge in [0.05, 0.1) is 54.6 Å². The van der Waals surface area contributed by atoms with E-state index in [1.165, 1.54) is 33.1 Å². The van der Waals surface area contributed by atoms with Crippen molar-refractivity contribution in [1.82, 2.24) is 26.2 Å². The number of nitrogens with one attached hydrogen (secondary N) is 5. The van der Waals surface area contributed by atoms with Gasteiger partial charge in [0.2, 0.25) is 17.7 Å². The van der Waals surface area contributed by atoms with E-state index in [0.29, 0.717) is 42.1 Å². The number of benzene rings is 2. The van der Waals surface area contributed by atoms with Crippen LogP contribution in [0.4, 0.5) is 34.1 Å². The fourth-order valence-corrected chi connectivity index (χ4v) is 11.2. The Hall–Kier alpha value is -7.11. The highest BCUT2D eigenvalue weighted by Crippen LogP contribution is 2.49. The summed E-state index contributed by atoms with van der Waals surface area (Å²) >= 11 is 9.97. The van der Waals surface area contributed by atoms with Crippen molar-refractivity contribution in [3.8, 4) is 5.75 Å². The first-order valence-electron chi connectivity index (χ1n) is 29.5. The number of halogens is 5. The third kappa shape index (κ3) is 19.7. The van der Waals surface area contributed by atoms with Crippen molar-refractivity contribution in [3.05, 3.63) is 88.0 Å². The number of nitrogens with two attached hydrogens (primary N) is 1. The number of carbonyl (C=O) groups excluding carboxylic acids is 9. The van der Waals surface area contributed by atoms with E-state index in [-0.39, 0.29) is 59.6 Å². The first-order valence-corrected chi connectivity index (χ1v) is 31.0. The number of ether oxygens (including phenoxy) is 6. The summed E-state index contributed by atoms with van der Waals surface area (Å²) in [5, 5.41) is 25.0. The normalized spacial score (nSPS) is 24.4. The molecule has 29 heteroatoms. The lowest BCUT2D eigenvalue weighted by molar-refractivity contribution is -0.158. The van der Waals surface area contributed by atoms with Crippen LogP contribution in [0.15, 0.2) is 66.3 Å². The highest BCUT2D eigenvalue weighted by Gasteiger charge is 2.64. The second kappa shape index (κ2) is 32.4. The Bertz CT molecular complexity index is 3100. The average Bonchev–Trinajstić information content (AvgIpc) is 1.58. The van der Waals surface area contributed by atoms with Crippen molar-refractivity contribution < 1.29 is 89.8 Å². The number of likely N-dealkylation sites (N-methyl/N-ethyl adjacent to an activating group) is 1. The number of aldehydes is 1. The van der Waals surface area contributed by atoms with Gasteiger partial charge < -0.3 is 69.8 Å². The Morgan fingerprint density at radius 3 is 2.36 bits per heavy atom. The molecule has 24 nitrogen and oxygen atoms in total. The summed E-state index contributed by atoms with van der Waals surface area (Å²) in [6, 6.07) is -0.240. The van der Waals surface area contributed by atoms with Gasteiger partial charge >= 0.3 is 30.2 Å². The Morgan fingerprint density at radius 1 is 1.05 bits per heavy atom. The van der Waals surface area contributed by atoms with Crippen molar-refractivity contribution in [3.63, 3.8) is 0 Å². The molecule has 0 radical (unpaired) electrons. The second-order valence-electron chi connectivity index (χ2n) is 23.6. The SMILES string of the molecule is C=C(CBr)C(=O)OC(C)CCCC(C=O)N[C@H](C(=O)N[C@@H](CCCNC(N)=O)C(=O)Nc1ccc(C(=O)N(C)[C@@H](C)C(=O)O[C@H]2CC(=O)N(C)c3cc(cc(OC)c3Cl)C/C(C)=C/C=C/[C@@H](OC)[C@@]3(O)C[C@H](OC(=O)N3)[C@@H](C)[C@@H]3O[C@@]23C)c(C(F)(F)F)c1)C(C)C. The predicted octanol–water partition coefficient (Wildman–Crippen LogP) is 6.95. The van der Waals surface area contributed by atoms with Crippen LogP contribution in [0.5, 0.6) is 5.75 Å². The van der Waals surface area contributed by atoms with Crippen molar-refractivity contribution in [2.45, 2.75) is 172 Å². The van der Waals surface area contributed by atoms with Crippen LogP contribution in [0.3, 0.4) is 0 Å². The number of amides is 7. The van der Waals surface area contributed by atoms with E-state index in [2.05, 4.69) is 49.1 Å². The molecule has 2 aromatic rings. The zero-order valence-electron chi connectivity index (χ0n) is 52.8. The maximum atomic E-state index is 15.1. The Morgan fingerprint density at radius 2 is 1.75 bits per heavy atom. The third-order valence-corrected chi connectivity index (χ3v) is 17.3. The van der Waals surface area contributed by atoms with Crippen LogP contribution in [-0.2, 0) is 65.0 Å². The van der Waals surface area contributed by atoms with Gasteiger partial charge in [0.1, 0.15) is 53.1 Å². The third-order valence-electron chi connectivity index (χ3n) is 16.3. The van der Waals surface area contributed by atoms with Gasteiger partial charge in [0.25, 0.3) is 5.91 Å². The van der Waals surface area contributed by atoms with E-state index >= 15 is 13.2 Å². The number of carbonyl (C=O) groups is 9. The van der Waals surface area contributed by atoms with Crippen LogP contribution in [0.2, 0.25) is 5.02 Å². The number of hydrogen-bond donors (Lipinski definition) is 7. The smallest absolute Gasteiger partial charge is 0.417 e. The lowest BCUT2D eigenvalue weighted by Crippen LogP contribution is -2.63. The van der Waals surface area contributed by atoms with E-state index in [4.69, 9.17) is 45.8 Å². The van der Waals surface area contributed by atoms with E-state index in [9.17, 15) is 48.3 Å². The molecule has 3 heterocycles. The van der Waals surface area contributed by atoms with Gasteiger partial charge in [-0.3, -0.25) is 29.8 Å². The summed E-state index contributed by atoms with van der Waals surface area (Å²) in [4.78, 5) is 122. The van der Waals surface area contributed by atoms with Crippen LogP contribution < -0.4 is 42.0 Å². The Labute approximate surface area is 540 Å². The van der Waals surface area contributed by atoms with Gasteiger partial charge in [0.15, 0.2) is 5.72 Å². The molecular weight excluding hydrogens is 1290 g/mol. The maximum absolute atomic E-state index is 15.1. The van der Waals surface area contributed by atoms with Crippen LogP contribution in [0.25, 0.3) is 0 Å². The number of rotatable bonds is 25. The molecule has 0 aromatic heterocycles. The number of esters is 2. The van der Waals surface area contributed by atoms with Gasteiger partial charge in [-0.15, -0.1) is 0 Å². The first-order chi connectivity index (χ1) is 42.6. The topological polar surface area (TPSA) is 325 Å². The number of alkyl carbamates (subject to hydrolysis) is 1. The quantitative estimate of drug-likeness (QED) is 0.0101. The van der Waals surface area contributed by atoms with Crippen molar-refractivity contribution >= 4 is 92.9 Å². The van der Waals surface area contributed by atoms with Gasteiger partial charge in [0, 0.05) is 56.7 Å². The monoisotopic (exact) mass is 1370 g/mol. The number of alkyl halides is 4.